The molecular weight excluding hydrogens is 230 g/mol. The van der Waals surface area contributed by atoms with Crippen LogP contribution in [0.15, 0.2) is 24.3 Å². The van der Waals surface area contributed by atoms with Gasteiger partial charge < -0.3 is 14.8 Å². The summed E-state index contributed by atoms with van der Waals surface area (Å²) in [6.45, 7) is 0.618. The maximum atomic E-state index is 11.8. The second-order valence-electron chi connectivity index (χ2n) is 4.71. The molecule has 1 N–H and O–H groups in total. The maximum absolute atomic E-state index is 11.8. The van der Waals surface area contributed by atoms with Gasteiger partial charge in [-0.3, -0.25) is 4.79 Å². The quantitative estimate of drug-likeness (QED) is 0.814. The first-order valence-electron chi connectivity index (χ1n) is 6.16. The third-order valence-corrected chi connectivity index (χ3v) is 3.63. The third kappa shape index (κ3) is 2.42. The van der Waals surface area contributed by atoms with Crippen molar-refractivity contribution < 1.29 is 14.3 Å². The van der Waals surface area contributed by atoms with Crippen LogP contribution in [0.3, 0.4) is 0 Å². The van der Waals surface area contributed by atoms with Gasteiger partial charge >= 0.3 is 5.97 Å². The number of nitrogens with one attached hydrogen (secondary N) is 1. The summed E-state index contributed by atoms with van der Waals surface area (Å²) in [4.78, 5) is 11.8. The third-order valence-electron chi connectivity index (χ3n) is 3.63. The molecule has 1 saturated carbocycles. The van der Waals surface area contributed by atoms with Crippen molar-refractivity contribution in [3.63, 3.8) is 0 Å². The van der Waals surface area contributed by atoms with E-state index in [1.807, 2.05) is 24.3 Å². The average Bonchev–Trinajstić information content (AvgIpc) is 2.37. The molecule has 1 aromatic rings. The first-order chi connectivity index (χ1) is 8.70. The first kappa shape index (κ1) is 12.7. The van der Waals surface area contributed by atoms with Gasteiger partial charge in [0.15, 0.2) is 0 Å². The number of rotatable bonds is 5. The summed E-state index contributed by atoms with van der Waals surface area (Å²) in [7, 11) is 3.09. The van der Waals surface area contributed by atoms with Gasteiger partial charge in [0.25, 0.3) is 0 Å². The number of carbonyl (C=O) groups excluding carboxylic acids is 1. The SMILES string of the molecule is COC(=O)C1(CNc2cccc(OC)c2)CCC1. The predicted octanol–water partition coefficient (Wildman–Crippen LogP) is 2.45. The van der Waals surface area contributed by atoms with E-state index in [-0.39, 0.29) is 11.4 Å². The molecule has 0 spiro atoms. The molecule has 1 aliphatic rings. The zero-order chi connectivity index (χ0) is 13.0. The lowest BCUT2D eigenvalue weighted by Crippen LogP contribution is -2.44. The summed E-state index contributed by atoms with van der Waals surface area (Å²) in [5.74, 6) is 0.699. The van der Waals surface area contributed by atoms with Gasteiger partial charge in [-0.2, -0.15) is 0 Å². The molecule has 4 nitrogen and oxygen atoms in total. The Morgan fingerprint density at radius 3 is 2.72 bits per heavy atom. The zero-order valence-corrected chi connectivity index (χ0v) is 10.9. The maximum Gasteiger partial charge on any atom is 0.313 e. The van der Waals surface area contributed by atoms with Crippen molar-refractivity contribution in [1.29, 1.82) is 0 Å². The topological polar surface area (TPSA) is 47.6 Å². The Kier molecular flexibility index (Phi) is 3.75. The summed E-state index contributed by atoms with van der Waals surface area (Å²) < 4.78 is 10.1. The normalized spacial score (nSPS) is 16.6. The second-order valence-corrected chi connectivity index (χ2v) is 4.71. The van der Waals surface area contributed by atoms with Gasteiger partial charge in [0.1, 0.15) is 5.75 Å². The fraction of sp³-hybridized carbons (Fsp3) is 0.500. The Balaban J connectivity index is 1.99. The van der Waals surface area contributed by atoms with Gasteiger partial charge in [0.2, 0.25) is 0 Å². The van der Waals surface area contributed by atoms with Crippen LogP contribution in [0.2, 0.25) is 0 Å². The fourth-order valence-electron chi connectivity index (χ4n) is 2.28. The average molecular weight is 249 g/mol. The highest BCUT2D eigenvalue weighted by Gasteiger charge is 2.45. The van der Waals surface area contributed by atoms with Crippen LogP contribution in [-0.4, -0.2) is 26.7 Å². The number of methoxy groups -OCH3 is 2. The lowest BCUT2D eigenvalue weighted by molar-refractivity contribution is -0.157. The van der Waals surface area contributed by atoms with Crippen LogP contribution in [0.1, 0.15) is 19.3 Å². The number of anilines is 1. The summed E-state index contributed by atoms with van der Waals surface area (Å²) in [5, 5.41) is 3.30. The van der Waals surface area contributed by atoms with Gasteiger partial charge in [0, 0.05) is 18.3 Å². The summed E-state index contributed by atoms with van der Waals surface area (Å²) in [6, 6.07) is 7.70. The minimum absolute atomic E-state index is 0.107. The Hall–Kier alpha value is -1.71. The predicted molar refractivity (Wildman–Crippen MR) is 69.8 cm³/mol. The molecule has 0 amide bonds. The molecule has 0 saturated heterocycles. The first-order valence-corrected chi connectivity index (χ1v) is 6.16. The fourth-order valence-corrected chi connectivity index (χ4v) is 2.28. The second kappa shape index (κ2) is 5.29. The van der Waals surface area contributed by atoms with Crippen molar-refractivity contribution in [1.82, 2.24) is 0 Å². The molecule has 0 aromatic heterocycles. The Labute approximate surface area is 107 Å². The number of esters is 1. The van der Waals surface area contributed by atoms with E-state index in [2.05, 4.69) is 5.32 Å². The molecule has 18 heavy (non-hydrogen) atoms. The van der Waals surface area contributed by atoms with Crippen molar-refractivity contribution in [2.75, 3.05) is 26.1 Å². The van der Waals surface area contributed by atoms with Crippen molar-refractivity contribution in [2.45, 2.75) is 19.3 Å². The lowest BCUT2D eigenvalue weighted by atomic mass is 9.68. The minimum atomic E-state index is -0.335. The molecule has 4 heteroatoms. The van der Waals surface area contributed by atoms with E-state index < -0.39 is 0 Å². The molecule has 0 aliphatic heterocycles. The van der Waals surface area contributed by atoms with Crippen LogP contribution in [0.25, 0.3) is 0 Å². The van der Waals surface area contributed by atoms with E-state index in [1.165, 1.54) is 7.11 Å². The lowest BCUT2D eigenvalue weighted by Gasteiger charge is -2.39. The van der Waals surface area contributed by atoms with Gasteiger partial charge in [-0.25, -0.2) is 0 Å². The van der Waals surface area contributed by atoms with Crippen LogP contribution < -0.4 is 10.1 Å². The highest BCUT2D eigenvalue weighted by molar-refractivity contribution is 5.78. The molecular formula is C14H19NO3. The Morgan fingerprint density at radius 2 is 2.17 bits per heavy atom. The monoisotopic (exact) mass is 249 g/mol. The molecule has 0 atom stereocenters. The number of ether oxygens (including phenoxy) is 2. The zero-order valence-electron chi connectivity index (χ0n) is 10.9. The van der Waals surface area contributed by atoms with Crippen molar-refractivity contribution in [3.8, 4) is 5.75 Å². The summed E-state index contributed by atoms with van der Waals surface area (Å²) in [5.41, 5.74) is 0.627. The van der Waals surface area contributed by atoms with E-state index in [9.17, 15) is 4.79 Å². The van der Waals surface area contributed by atoms with Gasteiger partial charge in [-0.15, -0.1) is 0 Å². The molecule has 1 aliphatic carbocycles. The standard InChI is InChI=1S/C14H19NO3/c1-17-12-6-3-5-11(9-12)15-10-14(7-4-8-14)13(16)18-2/h3,5-6,9,15H,4,7-8,10H2,1-2H3. The highest BCUT2D eigenvalue weighted by Crippen LogP contribution is 2.42. The van der Waals surface area contributed by atoms with Crippen LogP contribution in [0.5, 0.6) is 5.75 Å². The van der Waals surface area contributed by atoms with Crippen LogP contribution in [-0.2, 0) is 9.53 Å². The molecule has 2 rings (SSSR count). The van der Waals surface area contributed by atoms with Crippen molar-refractivity contribution in [3.05, 3.63) is 24.3 Å². The number of hydrogen-bond acceptors (Lipinski definition) is 4. The van der Waals surface area contributed by atoms with Gasteiger partial charge in [-0.1, -0.05) is 12.5 Å². The number of hydrogen-bond donors (Lipinski definition) is 1. The minimum Gasteiger partial charge on any atom is -0.497 e. The van der Waals surface area contributed by atoms with Crippen molar-refractivity contribution >= 4 is 11.7 Å². The van der Waals surface area contributed by atoms with Gasteiger partial charge in [0.05, 0.1) is 19.6 Å². The van der Waals surface area contributed by atoms with Crippen molar-refractivity contribution in [2.24, 2.45) is 5.41 Å². The molecule has 1 aromatic carbocycles. The smallest absolute Gasteiger partial charge is 0.313 e. The van der Waals surface area contributed by atoms with Gasteiger partial charge in [-0.05, 0) is 25.0 Å². The molecule has 98 valence electrons. The number of benzene rings is 1. The Bertz CT molecular complexity index is 427. The molecule has 0 bridgehead atoms. The van der Waals surface area contributed by atoms with E-state index in [4.69, 9.17) is 9.47 Å². The summed E-state index contributed by atoms with van der Waals surface area (Å²) in [6.07, 6.45) is 2.89. The van der Waals surface area contributed by atoms with Crippen LogP contribution in [0.4, 0.5) is 5.69 Å². The molecule has 1 fully saturated rings. The van der Waals surface area contributed by atoms with E-state index >= 15 is 0 Å². The molecule has 0 heterocycles. The van der Waals surface area contributed by atoms with E-state index in [1.54, 1.807) is 7.11 Å². The Morgan fingerprint density at radius 1 is 1.39 bits per heavy atom. The highest BCUT2D eigenvalue weighted by atomic mass is 16.5. The largest absolute Gasteiger partial charge is 0.497 e. The van der Waals surface area contributed by atoms with E-state index in [0.29, 0.717) is 6.54 Å². The van der Waals surface area contributed by atoms with Crippen LogP contribution >= 0.6 is 0 Å². The molecule has 0 unspecified atom stereocenters. The molecule has 0 radical (unpaired) electrons. The van der Waals surface area contributed by atoms with E-state index in [0.717, 1.165) is 30.7 Å². The summed E-state index contributed by atoms with van der Waals surface area (Å²) >= 11 is 0. The number of carbonyl (C=O) groups is 1. The van der Waals surface area contributed by atoms with Crippen LogP contribution in [0, 0.1) is 5.41 Å².